The van der Waals surface area contributed by atoms with Gasteiger partial charge < -0.3 is 20.7 Å². The largest absolute Gasteiger partial charge is 0.457 e. The average molecular weight is 579 g/mol. The maximum Gasteiger partial charge on any atom is 0.251 e. The number of likely N-dealkylation sites (tertiary alicyclic amines) is 2. The topological polar surface area (TPSA) is 153 Å². The molecule has 0 unspecified atom stereocenters. The Hall–Kier alpha value is -3.70. The highest BCUT2D eigenvalue weighted by Gasteiger charge is 2.24. The number of benzene rings is 2. The zero-order chi connectivity index (χ0) is 29.5. The van der Waals surface area contributed by atoms with Gasteiger partial charge in [0.1, 0.15) is 16.5 Å². The van der Waals surface area contributed by atoms with Gasteiger partial charge in [-0.2, -0.15) is 0 Å². The highest BCUT2D eigenvalue weighted by molar-refractivity contribution is 8.26. The lowest BCUT2D eigenvalue weighted by Crippen LogP contribution is -2.46. The van der Waals surface area contributed by atoms with Gasteiger partial charge in [-0.25, -0.2) is 0 Å². The second kappa shape index (κ2) is 13.8. The van der Waals surface area contributed by atoms with Gasteiger partial charge in [0.05, 0.1) is 11.6 Å². The number of primary amides is 1. The summed E-state index contributed by atoms with van der Waals surface area (Å²) in [7, 11) is 0. The lowest BCUT2D eigenvalue weighted by Gasteiger charge is -2.31. The van der Waals surface area contributed by atoms with Gasteiger partial charge in [-0.15, -0.1) is 0 Å². The van der Waals surface area contributed by atoms with Gasteiger partial charge in [-0.3, -0.25) is 30.1 Å². The van der Waals surface area contributed by atoms with Crippen LogP contribution < -0.4 is 15.8 Å². The van der Waals surface area contributed by atoms with E-state index in [4.69, 9.17) is 21.3 Å². The summed E-state index contributed by atoms with van der Waals surface area (Å²) in [4.78, 5) is 40.5. The molecule has 2 aliphatic heterocycles. The van der Waals surface area contributed by atoms with E-state index in [0.29, 0.717) is 65.3 Å². The Morgan fingerprint density at radius 1 is 1.07 bits per heavy atom. The third-order valence-electron chi connectivity index (χ3n) is 7.24. The average Bonchev–Trinajstić information content (AvgIpc) is 3.34. The molecule has 2 heterocycles. The van der Waals surface area contributed by atoms with Crippen LogP contribution in [0.3, 0.4) is 0 Å². The first-order valence-electron chi connectivity index (χ1n) is 13.9. The monoisotopic (exact) mass is 578 g/mol. The van der Waals surface area contributed by atoms with Gasteiger partial charge in [0.15, 0.2) is 0 Å². The van der Waals surface area contributed by atoms with Crippen molar-refractivity contribution in [2.24, 2.45) is 11.7 Å². The SMILES string of the molecule is CC(C)C(=N)SC(=N)c1ccc(Oc2cc(C(=O)NC3CCN(CC(N)=O)CC3)ccc2CN2CCCC2=O)cc1. The molecule has 0 saturated carbocycles. The normalized spacial score (nSPS) is 16.2. The lowest BCUT2D eigenvalue weighted by atomic mass is 10.0. The van der Waals surface area contributed by atoms with Crippen molar-refractivity contribution >= 4 is 39.6 Å². The van der Waals surface area contributed by atoms with Crippen LogP contribution in [0.15, 0.2) is 42.5 Å². The van der Waals surface area contributed by atoms with E-state index >= 15 is 0 Å². The van der Waals surface area contributed by atoms with Gasteiger partial charge in [-0.1, -0.05) is 31.7 Å². The number of nitrogens with two attached hydrogens (primary N) is 1. The highest BCUT2D eigenvalue weighted by Crippen LogP contribution is 2.30. The van der Waals surface area contributed by atoms with Crippen LogP contribution in [0.1, 0.15) is 61.0 Å². The third-order valence-corrected chi connectivity index (χ3v) is 8.38. The first kappa shape index (κ1) is 30.3. The van der Waals surface area contributed by atoms with E-state index in [1.54, 1.807) is 41.3 Å². The van der Waals surface area contributed by atoms with Crippen LogP contribution in [-0.2, 0) is 16.1 Å². The first-order chi connectivity index (χ1) is 19.6. The molecule has 2 aromatic rings. The van der Waals surface area contributed by atoms with Gasteiger partial charge in [-0.05, 0) is 55.7 Å². The summed E-state index contributed by atoms with van der Waals surface area (Å²) < 4.78 is 6.25. The van der Waals surface area contributed by atoms with E-state index in [9.17, 15) is 14.4 Å². The van der Waals surface area contributed by atoms with E-state index in [1.807, 2.05) is 24.8 Å². The number of amides is 3. The van der Waals surface area contributed by atoms with Crippen LogP contribution in [-0.4, -0.2) is 69.8 Å². The van der Waals surface area contributed by atoms with Crippen molar-refractivity contribution in [2.75, 3.05) is 26.2 Å². The minimum absolute atomic E-state index is 0.00389. The van der Waals surface area contributed by atoms with Crippen molar-refractivity contribution in [1.29, 1.82) is 10.8 Å². The Morgan fingerprint density at radius 2 is 1.76 bits per heavy atom. The summed E-state index contributed by atoms with van der Waals surface area (Å²) in [5, 5.41) is 20.2. The van der Waals surface area contributed by atoms with Crippen molar-refractivity contribution in [2.45, 2.75) is 52.1 Å². The zero-order valence-corrected chi connectivity index (χ0v) is 24.4. The molecule has 0 bridgehead atoms. The predicted octanol–water partition coefficient (Wildman–Crippen LogP) is 3.97. The Balaban J connectivity index is 1.48. The maximum absolute atomic E-state index is 13.2. The summed E-state index contributed by atoms with van der Waals surface area (Å²) in [5.41, 5.74) is 7.24. The molecule has 4 rings (SSSR count). The molecule has 0 aromatic heterocycles. The van der Waals surface area contributed by atoms with Gasteiger partial charge in [0.25, 0.3) is 5.91 Å². The maximum atomic E-state index is 13.2. The number of carbonyl (C=O) groups excluding carboxylic acids is 3. The number of hydrogen-bond acceptors (Lipinski definition) is 8. The molecule has 2 aliphatic rings. The molecule has 3 amide bonds. The number of nitrogens with one attached hydrogen (secondary N) is 3. The molecule has 0 atom stereocenters. The van der Waals surface area contributed by atoms with Gasteiger partial charge in [0.2, 0.25) is 11.8 Å². The summed E-state index contributed by atoms with van der Waals surface area (Å²) in [6.45, 7) is 6.54. The Bertz CT molecular complexity index is 1300. The predicted molar refractivity (Wildman–Crippen MR) is 161 cm³/mol. The summed E-state index contributed by atoms with van der Waals surface area (Å²) in [6, 6.07) is 12.4. The smallest absolute Gasteiger partial charge is 0.251 e. The first-order valence-corrected chi connectivity index (χ1v) is 14.8. The Morgan fingerprint density at radius 3 is 2.37 bits per heavy atom. The molecule has 41 heavy (non-hydrogen) atoms. The molecule has 2 fully saturated rings. The molecule has 0 radical (unpaired) electrons. The fourth-order valence-corrected chi connectivity index (χ4v) is 5.52. The van der Waals surface area contributed by atoms with E-state index in [2.05, 4.69) is 5.32 Å². The molecule has 11 heteroatoms. The van der Waals surface area contributed by atoms with Crippen molar-refractivity contribution in [1.82, 2.24) is 15.1 Å². The summed E-state index contributed by atoms with van der Waals surface area (Å²) in [5.74, 6) is 0.636. The molecule has 2 saturated heterocycles. The number of hydrogen-bond donors (Lipinski definition) is 4. The Labute approximate surface area is 245 Å². The number of carbonyl (C=O) groups is 3. The minimum atomic E-state index is -0.353. The lowest BCUT2D eigenvalue weighted by molar-refractivity contribution is -0.128. The zero-order valence-electron chi connectivity index (χ0n) is 23.6. The summed E-state index contributed by atoms with van der Waals surface area (Å²) in [6.07, 6.45) is 2.82. The molecule has 218 valence electrons. The molecule has 0 spiro atoms. The third kappa shape index (κ3) is 8.40. The van der Waals surface area contributed by atoms with Crippen molar-refractivity contribution in [3.63, 3.8) is 0 Å². The number of rotatable bonds is 10. The molecular weight excluding hydrogens is 540 g/mol. The van der Waals surface area contributed by atoms with Crippen LogP contribution in [0.4, 0.5) is 0 Å². The second-order valence-corrected chi connectivity index (χ2v) is 11.9. The Kier molecular flexibility index (Phi) is 10.2. The van der Waals surface area contributed by atoms with Gasteiger partial charge >= 0.3 is 0 Å². The van der Waals surface area contributed by atoms with Crippen molar-refractivity contribution in [3.05, 3.63) is 59.2 Å². The van der Waals surface area contributed by atoms with Crippen LogP contribution in [0.2, 0.25) is 0 Å². The second-order valence-electron chi connectivity index (χ2n) is 10.8. The fraction of sp³-hybridized carbons (Fsp3) is 0.433. The van der Waals surface area contributed by atoms with Crippen LogP contribution in [0.25, 0.3) is 0 Å². The van der Waals surface area contributed by atoms with E-state index < -0.39 is 0 Å². The number of ether oxygens (including phenoxy) is 1. The molecular formula is C30H38N6O4S. The number of nitrogens with zero attached hydrogens (tertiary/aromatic N) is 2. The molecule has 0 aliphatic carbocycles. The van der Waals surface area contributed by atoms with E-state index in [1.165, 1.54) is 0 Å². The highest BCUT2D eigenvalue weighted by atomic mass is 32.2. The van der Waals surface area contributed by atoms with Crippen LogP contribution in [0.5, 0.6) is 11.5 Å². The number of thioether (sulfide) groups is 1. The molecule has 2 aromatic carbocycles. The standard InChI is InChI=1S/C30H38N6O4S/c1-19(2)28(32)41-29(33)20-7-9-24(10-8-20)40-25-16-21(5-6-22(25)17-36-13-3-4-27(36)38)30(39)34-23-11-14-35(15-12-23)18-26(31)37/h5-10,16,19,23,32-33H,3-4,11-15,17-18H2,1-2H3,(H2,31,37)(H,34,39). The van der Waals surface area contributed by atoms with Crippen LogP contribution >= 0.6 is 11.8 Å². The quantitative estimate of drug-likeness (QED) is 0.247. The summed E-state index contributed by atoms with van der Waals surface area (Å²) >= 11 is 1.13. The molecule has 10 nitrogen and oxygen atoms in total. The molecule has 5 N–H and O–H groups in total. The van der Waals surface area contributed by atoms with Crippen LogP contribution in [0, 0.1) is 16.7 Å². The minimum Gasteiger partial charge on any atom is -0.457 e. The van der Waals surface area contributed by atoms with E-state index in [0.717, 1.165) is 36.6 Å². The van der Waals surface area contributed by atoms with Crippen molar-refractivity contribution < 1.29 is 19.1 Å². The van der Waals surface area contributed by atoms with E-state index in [-0.39, 0.29) is 36.2 Å². The van der Waals surface area contributed by atoms with Gasteiger partial charge in [0, 0.05) is 61.2 Å². The van der Waals surface area contributed by atoms with Crippen molar-refractivity contribution in [3.8, 4) is 11.5 Å². The fourth-order valence-electron chi connectivity index (χ4n) is 4.81. The number of piperidine rings is 1.